The van der Waals surface area contributed by atoms with Crippen LogP contribution in [0.2, 0.25) is 0 Å². The predicted molar refractivity (Wildman–Crippen MR) is 91.9 cm³/mol. The average Bonchev–Trinajstić information content (AvgIpc) is 2.35. The summed E-state index contributed by atoms with van der Waals surface area (Å²) in [6, 6.07) is 0. The first-order valence-corrected chi connectivity index (χ1v) is 8.37. The Balaban J connectivity index is -0.000000116. The molecule has 134 valence electrons. The van der Waals surface area contributed by atoms with E-state index in [1.807, 2.05) is 0 Å². The molecule has 0 heterocycles. The minimum atomic E-state index is -1.31. The van der Waals surface area contributed by atoms with Gasteiger partial charge in [-0.25, -0.2) is 0 Å². The fourth-order valence-electron chi connectivity index (χ4n) is 1.91. The van der Waals surface area contributed by atoms with Crippen LogP contribution in [-0.2, 0) is 9.59 Å². The van der Waals surface area contributed by atoms with E-state index >= 15 is 0 Å². The Kier molecular flexibility index (Phi) is 28.0. The summed E-state index contributed by atoms with van der Waals surface area (Å²) in [5.74, 6) is -2.01. The molecule has 0 bridgehead atoms. The molecule has 0 aliphatic heterocycles. The van der Waals surface area contributed by atoms with Gasteiger partial charge in [-0.2, -0.15) is 5.92 Å². The second-order valence-corrected chi connectivity index (χ2v) is 6.94. The Bertz CT molecular complexity index is 298. The Labute approximate surface area is 205 Å². The van der Waals surface area contributed by atoms with Crippen LogP contribution in [0.5, 0.6) is 0 Å². The summed E-state index contributed by atoms with van der Waals surface area (Å²) in [5.41, 5.74) is 0.391. The molecule has 0 saturated heterocycles. The molecule has 1 atom stereocenters. The molecule has 0 rings (SSSR count). The van der Waals surface area contributed by atoms with E-state index in [0.29, 0.717) is 11.3 Å². The first-order valence-electron chi connectivity index (χ1n) is 8.37. The second-order valence-electron chi connectivity index (χ2n) is 6.94. The van der Waals surface area contributed by atoms with E-state index in [1.54, 1.807) is 0 Å². The van der Waals surface area contributed by atoms with Gasteiger partial charge < -0.3 is 18.6 Å². The van der Waals surface area contributed by atoms with E-state index < -0.39 is 18.4 Å². The molecule has 4 nitrogen and oxygen atoms in total. The number of aliphatic carboxylic acids is 2. The maximum absolute atomic E-state index is 9.43. The third-order valence-corrected chi connectivity index (χ3v) is 3.68. The molecular weight excluding hydrogens is 326 g/mol. The van der Waals surface area contributed by atoms with Gasteiger partial charge >= 0.3 is 82.2 Å². The summed E-state index contributed by atoms with van der Waals surface area (Å²) in [6.45, 7) is 13.4. The van der Waals surface area contributed by atoms with Crippen LogP contribution in [0.4, 0.5) is 0 Å². The zero-order valence-electron chi connectivity index (χ0n) is 17.9. The predicted octanol–water partition coefficient (Wildman–Crippen LogP) is -0.710. The van der Waals surface area contributed by atoms with Crippen molar-refractivity contribution >= 4 is 11.9 Å². The average molecular weight is 363 g/mol. The second kappa shape index (κ2) is 20.5. The number of unbranched alkanes of at least 4 members (excludes halogenated alkanes) is 6. The Morgan fingerprint density at radius 1 is 0.958 bits per heavy atom. The molecule has 6 heteroatoms. The van der Waals surface area contributed by atoms with Gasteiger partial charge in [0.2, 0.25) is 0 Å². The minimum Gasteiger partial charge on any atom is -1.00 e. The van der Waals surface area contributed by atoms with Crippen molar-refractivity contribution in [2.75, 3.05) is 0 Å². The number of carboxylic acid groups (broad SMARTS) is 2. The zero-order valence-corrected chi connectivity index (χ0v) is 20.0. The SMILES string of the molecule is O=C(O)CC(=O)O.[CH2-]C(CCCCCCCCC)C(C)(C)C.[H-].[K+].[Li+]. The molecular formula is C18H36KLiO4. The van der Waals surface area contributed by atoms with E-state index in [2.05, 4.69) is 34.6 Å². The fourth-order valence-corrected chi connectivity index (χ4v) is 1.91. The van der Waals surface area contributed by atoms with Crippen LogP contribution in [0.25, 0.3) is 0 Å². The zero-order chi connectivity index (χ0) is 17.6. The van der Waals surface area contributed by atoms with Gasteiger partial charge in [-0.3, -0.25) is 9.59 Å². The minimum absolute atomic E-state index is 0. The molecule has 0 saturated carbocycles. The Morgan fingerprint density at radius 3 is 1.62 bits per heavy atom. The molecule has 1 unspecified atom stereocenters. The van der Waals surface area contributed by atoms with Crippen LogP contribution < -0.4 is 70.2 Å². The maximum Gasteiger partial charge on any atom is 1.00 e. The molecule has 0 aromatic carbocycles. The van der Waals surface area contributed by atoms with E-state index in [-0.39, 0.29) is 71.7 Å². The van der Waals surface area contributed by atoms with Gasteiger partial charge in [0.25, 0.3) is 0 Å². The number of rotatable bonds is 10. The Hall–Kier alpha value is 1.17. The van der Waals surface area contributed by atoms with Crippen LogP contribution in [-0.4, -0.2) is 22.2 Å². The first kappa shape index (κ1) is 32.8. The van der Waals surface area contributed by atoms with E-state index in [4.69, 9.17) is 10.2 Å². The van der Waals surface area contributed by atoms with Gasteiger partial charge in [0, 0.05) is 0 Å². The summed E-state index contributed by atoms with van der Waals surface area (Å²) >= 11 is 0. The number of hydrogen-bond acceptors (Lipinski definition) is 2. The van der Waals surface area contributed by atoms with Crippen LogP contribution in [0.3, 0.4) is 0 Å². The smallest absolute Gasteiger partial charge is 1.00 e. The number of carbonyl (C=O) groups is 2. The van der Waals surface area contributed by atoms with Crippen molar-refractivity contribution in [1.82, 2.24) is 0 Å². The quantitative estimate of drug-likeness (QED) is 0.233. The molecule has 0 aliphatic rings. The van der Waals surface area contributed by atoms with Crippen LogP contribution >= 0.6 is 0 Å². The molecule has 2 N–H and O–H groups in total. The van der Waals surface area contributed by atoms with Gasteiger partial charge in [-0.05, 0) is 0 Å². The van der Waals surface area contributed by atoms with Gasteiger partial charge in [0.15, 0.2) is 0 Å². The maximum atomic E-state index is 9.43. The van der Waals surface area contributed by atoms with Crippen molar-refractivity contribution in [3.05, 3.63) is 6.92 Å². The van der Waals surface area contributed by atoms with Gasteiger partial charge in [0.05, 0.1) is 0 Å². The largest absolute Gasteiger partial charge is 1.00 e. The van der Waals surface area contributed by atoms with Crippen molar-refractivity contribution in [2.45, 2.75) is 85.5 Å². The fraction of sp³-hybridized carbons (Fsp3) is 0.833. The molecule has 0 aromatic heterocycles. The molecule has 0 amide bonds. The summed E-state index contributed by atoms with van der Waals surface area (Å²) in [6.07, 6.45) is 10.3. The molecule has 0 spiro atoms. The molecule has 24 heavy (non-hydrogen) atoms. The van der Waals surface area contributed by atoms with Gasteiger partial charge in [-0.1, -0.05) is 84.5 Å². The van der Waals surface area contributed by atoms with Crippen molar-refractivity contribution in [3.8, 4) is 0 Å². The molecule has 0 fully saturated rings. The van der Waals surface area contributed by atoms with Crippen molar-refractivity contribution in [1.29, 1.82) is 0 Å². The Morgan fingerprint density at radius 2 is 1.33 bits per heavy atom. The standard InChI is InChI=1S/C15H31.C3H4O4.K.Li.H/c1-6-7-8-9-10-11-12-13-14(2)15(3,4)5;4-2(5)1-3(6)7;;;/h14H,2,6-13H2,1,3-5H3;1H2,(H,4,5)(H,6,7);;;/q-1;;2*+1;-1. The summed E-state index contributed by atoms with van der Waals surface area (Å²) in [5, 5.41) is 15.4. The first-order chi connectivity index (χ1) is 10.1. The number of hydrogen-bond donors (Lipinski definition) is 2. The molecule has 0 aliphatic carbocycles. The van der Waals surface area contributed by atoms with Crippen molar-refractivity contribution in [2.24, 2.45) is 11.3 Å². The third kappa shape index (κ3) is 28.0. The summed E-state index contributed by atoms with van der Waals surface area (Å²) in [4.78, 5) is 18.9. The van der Waals surface area contributed by atoms with E-state index in [1.165, 1.54) is 51.4 Å². The summed E-state index contributed by atoms with van der Waals surface area (Å²) in [7, 11) is 0. The number of carboxylic acids is 2. The van der Waals surface area contributed by atoms with E-state index in [0.717, 1.165) is 0 Å². The topological polar surface area (TPSA) is 74.6 Å². The third-order valence-electron chi connectivity index (χ3n) is 3.68. The molecule has 0 aromatic rings. The summed E-state index contributed by atoms with van der Waals surface area (Å²) < 4.78 is 0. The van der Waals surface area contributed by atoms with Crippen LogP contribution in [0, 0.1) is 18.3 Å². The monoisotopic (exact) mass is 362 g/mol. The van der Waals surface area contributed by atoms with E-state index in [9.17, 15) is 9.59 Å². The van der Waals surface area contributed by atoms with Crippen LogP contribution in [0.15, 0.2) is 0 Å². The normalized spacial score (nSPS) is 11.2. The van der Waals surface area contributed by atoms with Crippen LogP contribution in [0.1, 0.15) is 86.9 Å². The van der Waals surface area contributed by atoms with Crippen molar-refractivity contribution in [3.63, 3.8) is 0 Å². The van der Waals surface area contributed by atoms with Crippen molar-refractivity contribution < 1.29 is 91.5 Å². The van der Waals surface area contributed by atoms with Gasteiger partial charge in [-0.15, -0.1) is 0 Å². The molecule has 0 radical (unpaired) electrons. The van der Waals surface area contributed by atoms with Gasteiger partial charge in [0.1, 0.15) is 6.42 Å².